The Balaban J connectivity index is 2.45. The van der Waals surface area contributed by atoms with Gasteiger partial charge >= 0.3 is 0 Å². The van der Waals surface area contributed by atoms with Gasteiger partial charge in [0.15, 0.2) is 0 Å². The number of nitrogens with zero attached hydrogens (tertiary/aromatic N) is 1. The molecule has 0 amide bonds. The first-order valence-electron chi connectivity index (χ1n) is 5.97. The lowest BCUT2D eigenvalue weighted by Crippen LogP contribution is -1.83. The molecule has 19 heavy (non-hydrogen) atoms. The summed E-state index contributed by atoms with van der Waals surface area (Å²) in [7, 11) is 0. The molecule has 92 valence electrons. The summed E-state index contributed by atoms with van der Waals surface area (Å²) in [6.45, 7) is 0. The van der Waals surface area contributed by atoms with Crippen LogP contribution in [-0.4, -0.2) is 6.08 Å². The minimum absolute atomic E-state index is 0.577. The molecule has 0 bridgehead atoms. The number of aliphatic imine (C=N–C) groups is 1. The molecule has 0 spiro atoms. The second kappa shape index (κ2) is 6.90. The van der Waals surface area contributed by atoms with Gasteiger partial charge in [-0.25, -0.2) is 4.79 Å². The summed E-state index contributed by atoms with van der Waals surface area (Å²) in [5.74, 6) is 0. The van der Waals surface area contributed by atoms with Crippen LogP contribution >= 0.6 is 0 Å². The molecule has 0 aliphatic heterocycles. The Hall–Kier alpha value is -2.70. The van der Waals surface area contributed by atoms with Crippen molar-refractivity contribution in [3.63, 3.8) is 0 Å². The highest BCUT2D eigenvalue weighted by Gasteiger charge is 1.99. The van der Waals surface area contributed by atoms with Crippen molar-refractivity contribution in [2.45, 2.75) is 0 Å². The van der Waals surface area contributed by atoms with E-state index in [1.165, 1.54) is 0 Å². The van der Waals surface area contributed by atoms with Crippen LogP contribution in [-0.2, 0) is 4.79 Å². The van der Waals surface area contributed by atoms with E-state index in [4.69, 9.17) is 0 Å². The zero-order chi connectivity index (χ0) is 13.3. The van der Waals surface area contributed by atoms with Gasteiger partial charge in [0.2, 0.25) is 6.08 Å². The smallest absolute Gasteiger partial charge is 0.211 e. The third-order valence-corrected chi connectivity index (χ3v) is 2.59. The van der Waals surface area contributed by atoms with Gasteiger partial charge in [-0.15, -0.1) is 0 Å². The van der Waals surface area contributed by atoms with Gasteiger partial charge in [-0.3, -0.25) is 0 Å². The fourth-order valence-electron chi connectivity index (χ4n) is 1.68. The van der Waals surface area contributed by atoms with Crippen molar-refractivity contribution in [3.05, 3.63) is 95.8 Å². The fraction of sp³-hybridized carbons (Fsp3) is 0. The predicted molar refractivity (Wildman–Crippen MR) is 78.1 cm³/mol. The third kappa shape index (κ3) is 3.91. The number of isocyanates is 1. The van der Waals surface area contributed by atoms with Crippen molar-refractivity contribution in [2.75, 3.05) is 0 Å². The normalized spacial score (nSPS) is 29.6. The molecule has 0 fully saturated rings. The van der Waals surface area contributed by atoms with Crippen LogP contribution in [0.1, 0.15) is 0 Å². The van der Waals surface area contributed by atoms with Gasteiger partial charge < -0.3 is 0 Å². The first kappa shape index (κ1) is 12.7. The van der Waals surface area contributed by atoms with Crippen molar-refractivity contribution in [2.24, 2.45) is 4.99 Å². The molecule has 0 N–H and O–H groups in total. The van der Waals surface area contributed by atoms with Gasteiger partial charge in [0.25, 0.3) is 0 Å². The standard InChI is InChI=1S/C17H13NO/c19-14-18-17-11-7-6-10-15-8-4-2-1-3-5-9-16(15)12-13-17/h1-13H/b2-1-,3-1?,4-2?,5-3-,7-6-,8-4-,9-5?,10-6?,11-7?,13-12?,15-8?,15-10-,16-9-,16-12?,17-11?,17-13?. The van der Waals surface area contributed by atoms with Crippen LogP contribution in [0.25, 0.3) is 0 Å². The summed E-state index contributed by atoms with van der Waals surface area (Å²) in [5.41, 5.74) is 2.72. The van der Waals surface area contributed by atoms with E-state index in [1.807, 2.05) is 66.8 Å². The predicted octanol–water partition coefficient (Wildman–Crippen LogP) is 3.87. The van der Waals surface area contributed by atoms with E-state index < -0.39 is 0 Å². The van der Waals surface area contributed by atoms with Crippen LogP contribution in [0.15, 0.2) is 101 Å². The molecule has 0 radical (unpaired) electrons. The lowest BCUT2D eigenvalue weighted by molar-refractivity contribution is 0.565. The van der Waals surface area contributed by atoms with Gasteiger partial charge in [-0.1, -0.05) is 66.8 Å². The molecule has 0 heterocycles. The highest BCUT2D eigenvalue weighted by Crippen LogP contribution is 2.18. The zero-order valence-corrected chi connectivity index (χ0v) is 10.4. The molecule has 2 aliphatic carbocycles. The first-order valence-corrected chi connectivity index (χ1v) is 5.97. The van der Waals surface area contributed by atoms with Gasteiger partial charge in [-0.05, 0) is 23.3 Å². The molecule has 0 aromatic rings. The number of hydrogen-bond donors (Lipinski definition) is 0. The summed E-state index contributed by atoms with van der Waals surface area (Å²) in [6, 6.07) is 0. The SMILES string of the molecule is O=C=NC1=C\C=C/C=C2/C=C\C=C/C=C\C=C/2C=C1. The molecule has 2 aliphatic rings. The molecular formula is C17H13NO. The maximum absolute atomic E-state index is 10.3. The Labute approximate surface area is 112 Å². The Bertz CT molecular complexity index is 628. The minimum Gasteiger partial charge on any atom is -0.211 e. The Morgan fingerprint density at radius 3 is 2.16 bits per heavy atom. The van der Waals surface area contributed by atoms with Crippen LogP contribution in [0.5, 0.6) is 0 Å². The van der Waals surface area contributed by atoms with Crippen molar-refractivity contribution >= 4 is 6.08 Å². The number of fused-ring (bicyclic) bond motifs is 1. The molecule has 2 nitrogen and oxygen atoms in total. The van der Waals surface area contributed by atoms with Gasteiger partial charge in [-0.2, -0.15) is 4.99 Å². The Kier molecular flexibility index (Phi) is 4.63. The summed E-state index contributed by atoms with van der Waals surface area (Å²) < 4.78 is 0. The molecule has 0 aromatic carbocycles. The molecular weight excluding hydrogens is 234 g/mol. The molecule has 0 aromatic heterocycles. The average molecular weight is 247 g/mol. The maximum atomic E-state index is 10.3. The molecule has 2 heteroatoms. The van der Waals surface area contributed by atoms with Crippen molar-refractivity contribution in [1.29, 1.82) is 0 Å². The quantitative estimate of drug-likeness (QED) is 0.511. The second-order valence-electron chi connectivity index (χ2n) is 3.89. The summed E-state index contributed by atoms with van der Waals surface area (Å²) in [6.07, 6.45) is 26.8. The van der Waals surface area contributed by atoms with Crippen LogP contribution in [0.2, 0.25) is 0 Å². The van der Waals surface area contributed by atoms with Gasteiger partial charge in [0.05, 0.1) is 5.70 Å². The van der Waals surface area contributed by atoms with Crippen molar-refractivity contribution in [1.82, 2.24) is 0 Å². The summed E-state index contributed by atoms with van der Waals surface area (Å²) in [5, 5.41) is 0. The van der Waals surface area contributed by atoms with Crippen LogP contribution in [0.4, 0.5) is 0 Å². The third-order valence-electron chi connectivity index (χ3n) is 2.59. The largest absolute Gasteiger partial charge is 0.240 e. The number of rotatable bonds is 1. The van der Waals surface area contributed by atoms with E-state index in [2.05, 4.69) is 4.99 Å². The Morgan fingerprint density at radius 2 is 1.32 bits per heavy atom. The fourth-order valence-corrected chi connectivity index (χ4v) is 1.68. The molecule has 0 saturated carbocycles. The molecule has 0 atom stereocenters. The monoisotopic (exact) mass is 247 g/mol. The van der Waals surface area contributed by atoms with Crippen LogP contribution in [0.3, 0.4) is 0 Å². The lowest BCUT2D eigenvalue weighted by atomic mass is 10.0. The topological polar surface area (TPSA) is 29.4 Å². The maximum Gasteiger partial charge on any atom is 0.240 e. The lowest BCUT2D eigenvalue weighted by Gasteiger charge is -2.01. The number of hydrogen-bond acceptors (Lipinski definition) is 2. The first-order chi connectivity index (χ1) is 9.40. The van der Waals surface area contributed by atoms with E-state index in [0.29, 0.717) is 5.70 Å². The van der Waals surface area contributed by atoms with Gasteiger partial charge in [0, 0.05) is 0 Å². The summed E-state index contributed by atoms with van der Waals surface area (Å²) >= 11 is 0. The number of carbonyl (C=O) groups excluding carboxylic acids is 1. The summed E-state index contributed by atoms with van der Waals surface area (Å²) in [4.78, 5) is 14.0. The average Bonchev–Trinajstić information content (AvgIpc) is 2.57. The number of allylic oxidation sites excluding steroid dienone is 15. The van der Waals surface area contributed by atoms with Crippen molar-refractivity contribution in [3.8, 4) is 0 Å². The molecule has 2 rings (SSSR count). The van der Waals surface area contributed by atoms with Crippen LogP contribution < -0.4 is 0 Å². The van der Waals surface area contributed by atoms with E-state index in [-0.39, 0.29) is 0 Å². The zero-order valence-electron chi connectivity index (χ0n) is 10.4. The minimum atomic E-state index is 0.577. The molecule has 0 unspecified atom stereocenters. The highest BCUT2D eigenvalue weighted by molar-refractivity contribution is 5.53. The van der Waals surface area contributed by atoms with Crippen molar-refractivity contribution < 1.29 is 4.79 Å². The van der Waals surface area contributed by atoms with E-state index in [1.54, 1.807) is 18.2 Å². The Morgan fingerprint density at radius 1 is 0.684 bits per heavy atom. The van der Waals surface area contributed by atoms with E-state index >= 15 is 0 Å². The van der Waals surface area contributed by atoms with Crippen LogP contribution in [0, 0.1) is 0 Å². The van der Waals surface area contributed by atoms with E-state index in [0.717, 1.165) is 11.1 Å². The second-order valence-corrected chi connectivity index (χ2v) is 3.89. The highest BCUT2D eigenvalue weighted by atomic mass is 16.1. The van der Waals surface area contributed by atoms with Gasteiger partial charge in [0.1, 0.15) is 0 Å². The van der Waals surface area contributed by atoms with E-state index in [9.17, 15) is 4.79 Å². The molecule has 0 saturated heterocycles.